The van der Waals surface area contributed by atoms with Crippen molar-refractivity contribution in [1.29, 1.82) is 0 Å². The third kappa shape index (κ3) is 3.93. The summed E-state index contributed by atoms with van der Waals surface area (Å²) < 4.78 is 51.0. The Morgan fingerprint density at radius 1 is 1.29 bits per heavy atom. The molecule has 1 aliphatic carbocycles. The minimum absolute atomic E-state index is 0.0616. The van der Waals surface area contributed by atoms with Gasteiger partial charge in [0.25, 0.3) is 0 Å². The normalized spacial score (nSPS) is 22.9. The quantitative estimate of drug-likeness (QED) is 0.824. The van der Waals surface area contributed by atoms with Crippen LogP contribution in [0, 0.1) is 11.7 Å². The van der Waals surface area contributed by atoms with E-state index in [1.165, 1.54) is 0 Å². The number of rotatable bonds is 2. The molecule has 1 saturated carbocycles. The van der Waals surface area contributed by atoms with E-state index in [9.17, 15) is 22.4 Å². The maximum absolute atomic E-state index is 13.2. The van der Waals surface area contributed by atoms with Crippen LogP contribution in [0.25, 0.3) is 0 Å². The lowest BCUT2D eigenvalue weighted by Crippen LogP contribution is -2.34. The van der Waals surface area contributed by atoms with Gasteiger partial charge in [-0.05, 0) is 37.5 Å². The number of halogens is 4. The van der Waals surface area contributed by atoms with Gasteiger partial charge in [0, 0.05) is 17.6 Å². The minimum Gasteiger partial charge on any atom is -0.328 e. The third-order valence-electron chi connectivity index (χ3n) is 3.62. The van der Waals surface area contributed by atoms with Crippen molar-refractivity contribution in [3.63, 3.8) is 0 Å². The molecular weight excluding hydrogens is 288 g/mol. The number of nitrogens with one attached hydrogen (secondary N) is 1. The molecule has 1 amide bonds. The van der Waals surface area contributed by atoms with Crippen molar-refractivity contribution in [2.24, 2.45) is 11.7 Å². The molecule has 116 valence electrons. The fourth-order valence-electron chi connectivity index (χ4n) is 2.53. The maximum atomic E-state index is 13.2. The van der Waals surface area contributed by atoms with Gasteiger partial charge in [-0.3, -0.25) is 4.79 Å². The van der Waals surface area contributed by atoms with Crippen LogP contribution in [0.15, 0.2) is 18.2 Å². The second-order valence-electron chi connectivity index (χ2n) is 5.31. The van der Waals surface area contributed by atoms with Crippen LogP contribution in [0.3, 0.4) is 0 Å². The third-order valence-corrected chi connectivity index (χ3v) is 3.62. The molecule has 0 radical (unpaired) electrons. The number of nitrogens with two attached hydrogens (primary N) is 1. The fraction of sp³-hybridized carbons (Fsp3) is 0.500. The first-order valence-corrected chi connectivity index (χ1v) is 6.70. The number of hydrogen-bond acceptors (Lipinski definition) is 2. The summed E-state index contributed by atoms with van der Waals surface area (Å²) in [5.74, 6) is -2.04. The molecule has 2 rings (SSSR count). The van der Waals surface area contributed by atoms with E-state index in [0.29, 0.717) is 25.0 Å². The first-order valence-electron chi connectivity index (χ1n) is 6.70. The van der Waals surface area contributed by atoms with Crippen LogP contribution < -0.4 is 11.1 Å². The minimum atomic E-state index is -4.79. The van der Waals surface area contributed by atoms with Crippen LogP contribution in [0.1, 0.15) is 31.2 Å². The monoisotopic (exact) mass is 304 g/mol. The highest BCUT2D eigenvalue weighted by atomic mass is 19.4. The van der Waals surface area contributed by atoms with Crippen LogP contribution in [0.2, 0.25) is 0 Å². The van der Waals surface area contributed by atoms with Crippen molar-refractivity contribution < 1.29 is 22.4 Å². The molecule has 1 aromatic carbocycles. The van der Waals surface area contributed by atoms with Crippen molar-refractivity contribution in [2.45, 2.75) is 37.9 Å². The zero-order valence-corrected chi connectivity index (χ0v) is 11.2. The van der Waals surface area contributed by atoms with Crippen LogP contribution in [-0.2, 0) is 11.0 Å². The molecule has 3 nitrogen and oxygen atoms in total. The number of anilines is 1. The Hall–Kier alpha value is -1.63. The van der Waals surface area contributed by atoms with Crippen molar-refractivity contribution in [3.8, 4) is 0 Å². The van der Waals surface area contributed by atoms with Crippen LogP contribution in [-0.4, -0.2) is 11.9 Å². The van der Waals surface area contributed by atoms with Crippen molar-refractivity contribution in [3.05, 3.63) is 29.6 Å². The van der Waals surface area contributed by atoms with Gasteiger partial charge in [0.05, 0.1) is 5.56 Å². The molecule has 0 aromatic heterocycles. The standard InChI is InChI=1S/C14H16F4N2O/c15-12-5-4-10(7-11(12)14(16,17)18)20-13(21)8-2-1-3-9(19)6-8/h4-5,7-9H,1-3,6,19H2,(H,20,21). The highest BCUT2D eigenvalue weighted by Crippen LogP contribution is 2.33. The Morgan fingerprint density at radius 2 is 2.00 bits per heavy atom. The van der Waals surface area contributed by atoms with Crippen LogP contribution in [0.5, 0.6) is 0 Å². The average Bonchev–Trinajstić information content (AvgIpc) is 2.39. The lowest BCUT2D eigenvalue weighted by atomic mass is 9.85. The second kappa shape index (κ2) is 6.01. The SMILES string of the molecule is NC1CCCC(C(=O)Nc2ccc(F)c(C(F)(F)F)c2)C1. The van der Waals surface area contributed by atoms with E-state index < -0.39 is 17.6 Å². The van der Waals surface area contributed by atoms with Gasteiger partial charge in [-0.25, -0.2) is 4.39 Å². The first-order chi connectivity index (χ1) is 9.77. The Bertz CT molecular complexity index is 530. The van der Waals surface area contributed by atoms with E-state index in [-0.39, 0.29) is 23.6 Å². The van der Waals surface area contributed by atoms with Gasteiger partial charge in [-0.15, -0.1) is 0 Å². The molecule has 7 heteroatoms. The number of benzene rings is 1. The van der Waals surface area contributed by atoms with E-state index in [4.69, 9.17) is 5.73 Å². The van der Waals surface area contributed by atoms with E-state index >= 15 is 0 Å². The summed E-state index contributed by atoms with van der Waals surface area (Å²) in [5.41, 5.74) is 4.33. The van der Waals surface area contributed by atoms with Crippen LogP contribution >= 0.6 is 0 Å². The highest BCUT2D eigenvalue weighted by Gasteiger charge is 2.34. The van der Waals surface area contributed by atoms with Gasteiger partial charge in [-0.1, -0.05) is 6.42 Å². The number of carbonyl (C=O) groups is 1. The smallest absolute Gasteiger partial charge is 0.328 e. The molecular formula is C14H16F4N2O. The molecule has 0 heterocycles. The Balaban J connectivity index is 2.11. The van der Waals surface area contributed by atoms with E-state index in [2.05, 4.69) is 5.32 Å². The number of carbonyl (C=O) groups excluding carboxylic acids is 1. The Labute approximate surface area is 119 Å². The lowest BCUT2D eigenvalue weighted by Gasteiger charge is -2.25. The summed E-state index contributed by atoms with van der Waals surface area (Å²) >= 11 is 0. The molecule has 21 heavy (non-hydrogen) atoms. The molecule has 0 aliphatic heterocycles. The molecule has 0 saturated heterocycles. The summed E-state index contributed by atoms with van der Waals surface area (Å²) in [7, 11) is 0. The van der Waals surface area contributed by atoms with Gasteiger partial charge in [0.1, 0.15) is 5.82 Å². The van der Waals surface area contributed by atoms with Gasteiger partial charge >= 0.3 is 6.18 Å². The molecule has 1 aliphatic rings. The second-order valence-corrected chi connectivity index (χ2v) is 5.31. The van der Waals surface area contributed by atoms with Crippen LogP contribution in [0.4, 0.5) is 23.2 Å². The van der Waals surface area contributed by atoms with Crippen molar-refractivity contribution in [2.75, 3.05) is 5.32 Å². The molecule has 0 bridgehead atoms. The zero-order valence-electron chi connectivity index (χ0n) is 11.2. The lowest BCUT2D eigenvalue weighted by molar-refractivity contribution is -0.140. The summed E-state index contributed by atoms with van der Waals surface area (Å²) in [6.07, 6.45) is -1.96. The van der Waals surface area contributed by atoms with E-state index in [0.717, 1.165) is 18.9 Å². The van der Waals surface area contributed by atoms with Gasteiger partial charge in [0.2, 0.25) is 5.91 Å². The number of alkyl halides is 3. The maximum Gasteiger partial charge on any atom is 0.419 e. The Morgan fingerprint density at radius 3 is 2.62 bits per heavy atom. The molecule has 2 unspecified atom stereocenters. The summed E-state index contributed by atoms with van der Waals surface area (Å²) in [6, 6.07) is 2.36. The summed E-state index contributed by atoms with van der Waals surface area (Å²) in [5, 5.41) is 2.41. The van der Waals surface area contributed by atoms with Gasteiger partial charge in [0.15, 0.2) is 0 Å². The Kier molecular flexibility index (Phi) is 4.51. The van der Waals surface area contributed by atoms with E-state index in [1.807, 2.05) is 0 Å². The molecule has 0 spiro atoms. The number of hydrogen-bond donors (Lipinski definition) is 2. The van der Waals surface area contributed by atoms with Gasteiger partial charge in [-0.2, -0.15) is 13.2 Å². The predicted octanol–water partition coefficient (Wildman–Crippen LogP) is 3.30. The predicted molar refractivity (Wildman–Crippen MR) is 70.0 cm³/mol. The van der Waals surface area contributed by atoms with E-state index in [1.54, 1.807) is 0 Å². The first kappa shape index (κ1) is 15.8. The zero-order chi connectivity index (χ0) is 15.6. The molecule has 1 aromatic rings. The summed E-state index contributed by atoms with van der Waals surface area (Å²) in [6.45, 7) is 0. The number of amides is 1. The fourth-order valence-corrected chi connectivity index (χ4v) is 2.53. The highest BCUT2D eigenvalue weighted by molar-refractivity contribution is 5.92. The van der Waals surface area contributed by atoms with Gasteiger partial charge < -0.3 is 11.1 Å². The topological polar surface area (TPSA) is 55.1 Å². The average molecular weight is 304 g/mol. The molecule has 1 fully saturated rings. The summed E-state index contributed by atoms with van der Waals surface area (Å²) in [4.78, 5) is 12.0. The molecule has 3 N–H and O–H groups in total. The van der Waals surface area contributed by atoms with Crippen molar-refractivity contribution >= 4 is 11.6 Å². The largest absolute Gasteiger partial charge is 0.419 e. The van der Waals surface area contributed by atoms with Crippen molar-refractivity contribution in [1.82, 2.24) is 0 Å². The molecule has 2 atom stereocenters.